The van der Waals surface area contributed by atoms with Crippen molar-refractivity contribution in [2.75, 3.05) is 6.54 Å². The molecular weight excluding hydrogens is 222 g/mol. The Hall–Kier alpha value is -1.61. The number of rotatable bonds is 5. The minimum Gasteiger partial charge on any atom is -0.330 e. The highest BCUT2D eigenvalue weighted by molar-refractivity contribution is 5.77. The number of nitrogens with two attached hydrogens (primary N) is 1. The van der Waals surface area contributed by atoms with Crippen molar-refractivity contribution in [3.8, 4) is 0 Å². The summed E-state index contributed by atoms with van der Waals surface area (Å²) in [5, 5.41) is 0. The maximum atomic E-state index is 5.65. The van der Waals surface area contributed by atoms with Crippen LogP contribution in [0.4, 0.5) is 0 Å². The van der Waals surface area contributed by atoms with Crippen molar-refractivity contribution in [1.82, 2.24) is 9.55 Å². The van der Waals surface area contributed by atoms with Gasteiger partial charge in [-0.15, -0.1) is 6.58 Å². The van der Waals surface area contributed by atoms with Gasteiger partial charge >= 0.3 is 0 Å². The van der Waals surface area contributed by atoms with E-state index in [1.165, 1.54) is 11.1 Å². The van der Waals surface area contributed by atoms with Gasteiger partial charge in [-0.1, -0.05) is 26.0 Å². The molecule has 0 spiro atoms. The highest BCUT2D eigenvalue weighted by Gasteiger charge is 2.10. The van der Waals surface area contributed by atoms with E-state index >= 15 is 0 Å². The van der Waals surface area contributed by atoms with Gasteiger partial charge < -0.3 is 10.3 Å². The van der Waals surface area contributed by atoms with Gasteiger partial charge in [0.1, 0.15) is 5.82 Å². The molecule has 1 aromatic carbocycles. The second kappa shape index (κ2) is 5.36. The molecule has 3 nitrogen and oxygen atoms in total. The van der Waals surface area contributed by atoms with E-state index < -0.39 is 0 Å². The summed E-state index contributed by atoms with van der Waals surface area (Å²) >= 11 is 0. The van der Waals surface area contributed by atoms with Crippen LogP contribution < -0.4 is 5.73 Å². The third kappa shape index (κ3) is 2.31. The van der Waals surface area contributed by atoms with Crippen molar-refractivity contribution >= 4 is 11.0 Å². The summed E-state index contributed by atoms with van der Waals surface area (Å²) in [6.45, 7) is 9.61. The number of aromatic nitrogens is 2. The number of imidazole rings is 1. The molecule has 2 N–H and O–H groups in total. The molecule has 0 amide bonds. The summed E-state index contributed by atoms with van der Waals surface area (Å²) in [5.41, 5.74) is 9.20. The number of fused-ring (bicyclic) bond motifs is 1. The Morgan fingerprint density at radius 2 is 2.22 bits per heavy atom. The quantitative estimate of drug-likeness (QED) is 0.821. The maximum absolute atomic E-state index is 5.65. The molecule has 0 atom stereocenters. The Morgan fingerprint density at radius 1 is 1.44 bits per heavy atom. The van der Waals surface area contributed by atoms with Gasteiger partial charge in [0.2, 0.25) is 0 Å². The summed E-state index contributed by atoms with van der Waals surface area (Å²) in [7, 11) is 0. The number of hydrogen-bond donors (Lipinski definition) is 1. The summed E-state index contributed by atoms with van der Waals surface area (Å²) in [6, 6.07) is 6.52. The molecule has 0 aliphatic heterocycles. The van der Waals surface area contributed by atoms with Crippen LogP contribution in [-0.2, 0) is 13.0 Å². The highest BCUT2D eigenvalue weighted by atomic mass is 15.1. The maximum Gasteiger partial charge on any atom is 0.111 e. The first kappa shape index (κ1) is 12.8. The van der Waals surface area contributed by atoms with Crippen LogP contribution in [0.3, 0.4) is 0 Å². The molecule has 2 aromatic rings. The number of benzene rings is 1. The van der Waals surface area contributed by atoms with E-state index in [0.29, 0.717) is 12.5 Å². The summed E-state index contributed by atoms with van der Waals surface area (Å²) < 4.78 is 2.19. The van der Waals surface area contributed by atoms with E-state index in [1.807, 2.05) is 6.08 Å². The first-order valence-electron chi connectivity index (χ1n) is 6.47. The molecule has 2 rings (SSSR count). The molecular formula is C15H21N3. The minimum atomic E-state index is 0.525. The van der Waals surface area contributed by atoms with Gasteiger partial charge in [0.05, 0.1) is 11.0 Å². The van der Waals surface area contributed by atoms with Gasteiger partial charge in [-0.2, -0.15) is 0 Å². The van der Waals surface area contributed by atoms with Crippen LogP contribution >= 0.6 is 0 Å². The van der Waals surface area contributed by atoms with E-state index in [2.05, 4.69) is 43.2 Å². The Labute approximate surface area is 108 Å². The third-order valence-corrected chi connectivity index (χ3v) is 3.20. The van der Waals surface area contributed by atoms with Crippen molar-refractivity contribution in [1.29, 1.82) is 0 Å². The molecule has 0 radical (unpaired) electrons. The number of allylic oxidation sites excluding steroid dienone is 1. The van der Waals surface area contributed by atoms with Crippen molar-refractivity contribution in [2.24, 2.45) is 5.73 Å². The molecule has 1 aromatic heterocycles. The third-order valence-electron chi connectivity index (χ3n) is 3.20. The largest absolute Gasteiger partial charge is 0.330 e. The van der Waals surface area contributed by atoms with E-state index in [4.69, 9.17) is 10.7 Å². The fourth-order valence-corrected chi connectivity index (χ4v) is 2.21. The van der Waals surface area contributed by atoms with E-state index in [9.17, 15) is 0 Å². The molecule has 96 valence electrons. The van der Waals surface area contributed by atoms with Crippen LogP contribution in [0.2, 0.25) is 0 Å². The van der Waals surface area contributed by atoms with E-state index in [1.54, 1.807) is 0 Å². The van der Waals surface area contributed by atoms with Crippen molar-refractivity contribution in [3.63, 3.8) is 0 Å². The van der Waals surface area contributed by atoms with E-state index in [0.717, 1.165) is 24.3 Å². The standard InChI is InChI=1S/C15H21N3/c1-4-9-18-14-6-5-12(11(2)3)10-13(14)17-15(18)7-8-16/h4-6,10-11H,1,7-9,16H2,2-3H3. The van der Waals surface area contributed by atoms with Gasteiger partial charge in [0, 0.05) is 13.0 Å². The average Bonchev–Trinajstić information content (AvgIpc) is 2.68. The predicted molar refractivity (Wildman–Crippen MR) is 76.8 cm³/mol. The molecule has 18 heavy (non-hydrogen) atoms. The lowest BCUT2D eigenvalue weighted by Gasteiger charge is -2.07. The summed E-state index contributed by atoms with van der Waals surface area (Å²) in [6.07, 6.45) is 2.71. The zero-order chi connectivity index (χ0) is 13.1. The SMILES string of the molecule is C=CCn1c(CCN)nc2cc(C(C)C)ccc21. The monoisotopic (exact) mass is 243 g/mol. The zero-order valence-corrected chi connectivity index (χ0v) is 11.2. The molecule has 0 unspecified atom stereocenters. The van der Waals surface area contributed by atoms with E-state index in [-0.39, 0.29) is 0 Å². The van der Waals surface area contributed by atoms with Gasteiger partial charge in [-0.25, -0.2) is 4.98 Å². The molecule has 0 saturated carbocycles. The zero-order valence-electron chi connectivity index (χ0n) is 11.2. The molecule has 0 saturated heterocycles. The Balaban J connectivity index is 2.56. The topological polar surface area (TPSA) is 43.8 Å². The van der Waals surface area contributed by atoms with Crippen LogP contribution in [0, 0.1) is 0 Å². The first-order chi connectivity index (χ1) is 8.67. The van der Waals surface area contributed by atoms with Gasteiger partial charge in [0.15, 0.2) is 0 Å². The molecule has 0 aliphatic carbocycles. The first-order valence-corrected chi connectivity index (χ1v) is 6.47. The normalized spacial score (nSPS) is 11.3. The summed E-state index contributed by atoms with van der Waals surface area (Å²) in [4.78, 5) is 4.70. The van der Waals surface area contributed by atoms with Crippen molar-refractivity contribution in [2.45, 2.75) is 32.7 Å². The minimum absolute atomic E-state index is 0.525. The van der Waals surface area contributed by atoms with Crippen LogP contribution in [0.15, 0.2) is 30.9 Å². The highest BCUT2D eigenvalue weighted by Crippen LogP contribution is 2.22. The predicted octanol–water partition coefficient (Wildman–Crippen LogP) is 2.85. The lowest BCUT2D eigenvalue weighted by molar-refractivity contribution is 0.748. The molecule has 0 fully saturated rings. The lowest BCUT2D eigenvalue weighted by Crippen LogP contribution is -2.09. The number of hydrogen-bond acceptors (Lipinski definition) is 2. The van der Waals surface area contributed by atoms with Gasteiger partial charge in [-0.3, -0.25) is 0 Å². The molecule has 0 aliphatic rings. The second-order valence-electron chi connectivity index (χ2n) is 4.87. The van der Waals surface area contributed by atoms with Crippen LogP contribution in [0.5, 0.6) is 0 Å². The fraction of sp³-hybridized carbons (Fsp3) is 0.400. The van der Waals surface area contributed by atoms with Gasteiger partial charge in [-0.05, 0) is 30.2 Å². The van der Waals surface area contributed by atoms with Crippen LogP contribution in [0.1, 0.15) is 31.2 Å². The second-order valence-corrected chi connectivity index (χ2v) is 4.87. The van der Waals surface area contributed by atoms with Crippen molar-refractivity contribution in [3.05, 3.63) is 42.2 Å². The molecule has 0 bridgehead atoms. The Bertz CT molecular complexity index is 552. The number of nitrogens with zero attached hydrogens (tertiary/aromatic N) is 2. The van der Waals surface area contributed by atoms with Crippen LogP contribution in [-0.4, -0.2) is 16.1 Å². The average molecular weight is 243 g/mol. The molecule has 1 heterocycles. The molecule has 3 heteroatoms. The lowest BCUT2D eigenvalue weighted by atomic mass is 10.0. The fourth-order valence-electron chi connectivity index (χ4n) is 2.21. The Kier molecular flexibility index (Phi) is 3.82. The van der Waals surface area contributed by atoms with Gasteiger partial charge in [0.25, 0.3) is 0 Å². The summed E-state index contributed by atoms with van der Waals surface area (Å²) in [5.74, 6) is 1.57. The van der Waals surface area contributed by atoms with Crippen LogP contribution in [0.25, 0.3) is 11.0 Å². The van der Waals surface area contributed by atoms with Crippen molar-refractivity contribution < 1.29 is 0 Å². The Morgan fingerprint density at radius 3 is 2.83 bits per heavy atom. The smallest absolute Gasteiger partial charge is 0.111 e.